The number of esters is 4. The normalized spacial score (nSPS) is 34.6. The summed E-state index contributed by atoms with van der Waals surface area (Å²) in [6, 6.07) is 0. The number of carbonyl (C=O) groups is 4. The fourth-order valence-electron chi connectivity index (χ4n) is 2.72. The van der Waals surface area contributed by atoms with E-state index < -0.39 is 60.5 Å². The first-order chi connectivity index (χ1) is 10.7. The van der Waals surface area contributed by atoms with Crippen molar-refractivity contribution in [2.24, 2.45) is 0 Å². The molecule has 9 heteroatoms. The lowest BCUT2D eigenvalue weighted by atomic mass is 9.88. The molecule has 0 unspecified atom stereocenters. The van der Waals surface area contributed by atoms with E-state index in [1.807, 2.05) is 0 Å². The quantitative estimate of drug-likeness (QED) is 0.381. The molecule has 0 spiro atoms. The first-order valence-corrected chi connectivity index (χ1v) is 7.05. The number of fused-ring (bicyclic) bond motifs is 1. The van der Waals surface area contributed by atoms with Gasteiger partial charge in [-0.1, -0.05) is 0 Å². The maximum Gasteiger partial charge on any atom is 0.303 e. The highest BCUT2D eigenvalue weighted by Crippen LogP contribution is 2.42. The van der Waals surface area contributed by atoms with Crippen LogP contribution in [0.15, 0.2) is 0 Å². The molecule has 2 fully saturated rings. The Labute approximate surface area is 132 Å². The monoisotopic (exact) mass is 330 g/mol. The van der Waals surface area contributed by atoms with Crippen LogP contribution in [0.1, 0.15) is 27.7 Å². The molecule has 2 rings (SSSR count). The molecule has 0 bridgehead atoms. The van der Waals surface area contributed by atoms with Gasteiger partial charge in [-0.2, -0.15) is 0 Å². The molecule has 128 valence electrons. The van der Waals surface area contributed by atoms with E-state index in [9.17, 15) is 19.2 Å². The highest BCUT2D eigenvalue weighted by Gasteiger charge is 2.66. The largest absolute Gasteiger partial charge is 0.456 e. The van der Waals surface area contributed by atoms with E-state index in [0.717, 1.165) is 13.8 Å². The second-order valence-corrected chi connectivity index (χ2v) is 5.36. The Bertz CT molecular complexity index is 482. The van der Waals surface area contributed by atoms with Gasteiger partial charge in [0.25, 0.3) is 0 Å². The van der Waals surface area contributed by atoms with Crippen molar-refractivity contribution in [1.82, 2.24) is 0 Å². The standard InChI is InChI=1S/C14H18O9/c1-5(15)19-9-10(20-6(2)16)12(22-8(4)18)14-13(23-14)11(9)21-7(3)17/h9-14H,1-4H3/t9-,10-,11-,12-,13-,14+/m1/s1. The summed E-state index contributed by atoms with van der Waals surface area (Å²) < 4.78 is 26.0. The molecule has 9 nitrogen and oxygen atoms in total. The minimum atomic E-state index is -1.13. The topological polar surface area (TPSA) is 118 Å². The SMILES string of the molecule is CC(=O)O[C@@H]1[C@@H](OC(C)=O)[C@@H](OC(C)=O)[C@@H]2O[C@@H]2[C@@H]1OC(C)=O. The van der Waals surface area contributed by atoms with Crippen LogP contribution < -0.4 is 0 Å². The van der Waals surface area contributed by atoms with E-state index in [4.69, 9.17) is 23.7 Å². The summed E-state index contributed by atoms with van der Waals surface area (Å²) in [7, 11) is 0. The van der Waals surface area contributed by atoms with Crippen molar-refractivity contribution >= 4 is 23.9 Å². The zero-order valence-corrected chi connectivity index (χ0v) is 13.1. The molecule has 1 aliphatic carbocycles. The van der Waals surface area contributed by atoms with Crippen LogP contribution in [0.5, 0.6) is 0 Å². The van der Waals surface area contributed by atoms with Gasteiger partial charge in [0, 0.05) is 27.7 Å². The summed E-state index contributed by atoms with van der Waals surface area (Å²) >= 11 is 0. The molecule has 1 saturated carbocycles. The van der Waals surface area contributed by atoms with Gasteiger partial charge in [-0.05, 0) is 0 Å². The van der Waals surface area contributed by atoms with Gasteiger partial charge in [-0.25, -0.2) is 0 Å². The maximum atomic E-state index is 11.4. The minimum absolute atomic E-state index is 0.598. The smallest absolute Gasteiger partial charge is 0.303 e. The van der Waals surface area contributed by atoms with Crippen LogP contribution >= 0.6 is 0 Å². The van der Waals surface area contributed by atoms with E-state index in [2.05, 4.69) is 0 Å². The average molecular weight is 330 g/mol. The van der Waals surface area contributed by atoms with Crippen molar-refractivity contribution in [3.05, 3.63) is 0 Å². The van der Waals surface area contributed by atoms with Crippen LogP contribution in [-0.2, 0) is 42.9 Å². The summed E-state index contributed by atoms with van der Waals surface area (Å²) in [5.41, 5.74) is 0. The van der Waals surface area contributed by atoms with E-state index in [-0.39, 0.29) is 0 Å². The second kappa shape index (κ2) is 6.53. The average Bonchev–Trinajstić information content (AvgIpc) is 3.16. The number of ether oxygens (including phenoxy) is 5. The summed E-state index contributed by atoms with van der Waals surface area (Å²) in [4.78, 5) is 45.3. The van der Waals surface area contributed by atoms with Crippen LogP contribution in [0.25, 0.3) is 0 Å². The Morgan fingerprint density at radius 1 is 0.565 bits per heavy atom. The van der Waals surface area contributed by atoms with Gasteiger partial charge in [0.15, 0.2) is 24.4 Å². The first-order valence-electron chi connectivity index (χ1n) is 7.05. The lowest BCUT2D eigenvalue weighted by Crippen LogP contribution is -2.59. The molecular formula is C14H18O9. The van der Waals surface area contributed by atoms with Crippen molar-refractivity contribution in [2.75, 3.05) is 0 Å². The van der Waals surface area contributed by atoms with Crippen LogP contribution in [0.3, 0.4) is 0 Å². The molecule has 0 aromatic carbocycles. The highest BCUT2D eigenvalue weighted by atomic mass is 16.7. The van der Waals surface area contributed by atoms with Gasteiger partial charge in [0.2, 0.25) is 0 Å². The van der Waals surface area contributed by atoms with Gasteiger partial charge < -0.3 is 23.7 Å². The zero-order valence-electron chi connectivity index (χ0n) is 13.1. The maximum absolute atomic E-state index is 11.4. The molecule has 1 heterocycles. The molecule has 0 N–H and O–H groups in total. The molecule has 0 radical (unpaired) electrons. The number of hydrogen-bond acceptors (Lipinski definition) is 9. The molecule has 1 aliphatic heterocycles. The van der Waals surface area contributed by atoms with Gasteiger partial charge in [-0.15, -0.1) is 0 Å². The zero-order chi connectivity index (χ0) is 17.3. The van der Waals surface area contributed by atoms with Crippen molar-refractivity contribution in [3.8, 4) is 0 Å². The molecule has 23 heavy (non-hydrogen) atoms. The number of epoxide rings is 1. The number of hydrogen-bond donors (Lipinski definition) is 0. The number of rotatable bonds is 4. The van der Waals surface area contributed by atoms with Crippen molar-refractivity contribution < 1.29 is 42.9 Å². The molecule has 0 aromatic heterocycles. The fraction of sp³-hybridized carbons (Fsp3) is 0.714. The van der Waals surface area contributed by atoms with Crippen LogP contribution in [0, 0.1) is 0 Å². The third-order valence-electron chi connectivity index (χ3n) is 3.39. The third-order valence-corrected chi connectivity index (χ3v) is 3.39. The Kier molecular flexibility index (Phi) is 4.88. The highest BCUT2D eigenvalue weighted by molar-refractivity contribution is 5.69. The predicted molar refractivity (Wildman–Crippen MR) is 70.9 cm³/mol. The van der Waals surface area contributed by atoms with Gasteiger partial charge >= 0.3 is 23.9 Å². The molecule has 0 amide bonds. The van der Waals surface area contributed by atoms with Crippen LogP contribution in [-0.4, -0.2) is 60.5 Å². The Morgan fingerprint density at radius 2 is 0.826 bits per heavy atom. The van der Waals surface area contributed by atoms with Crippen LogP contribution in [0.2, 0.25) is 0 Å². The summed E-state index contributed by atoms with van der Waals surface area (Å²) in [6.07, 6.45) is -5.35. The third kappa shape index (κ3) is 3.98. The molecule has 2 aliphatic rings. The summed E-state index contributed by atoms with van der Waals surface area (Å²) in [5, 5.41) is 0. The number of carbonyl (C=O) groups excluding carboxylic acids is 4. The summed E-state index contributed by atoms with van der Waals surface area (Å²) in [5.74, 6) is -2.53. The van der Waals surface area contributed by atoms with Crippen LogP contribution in [0.4, 0.5) is 0 Å². The Hall–Kier alpha value is -2.16. The lowest BCUT2D eigenvalue weighted by molar-refractivity contribution is -0.204. The van der Waals surface area contributed by atoms with Crippen molar-refractivity contribution in [2.45, 2.75) is 64.3 Å². The predicted octanol–water partition coefficient (Wildman–Crippen LogP) is -0.506. The van der Waals surface area contributed by atoms with Crippen molar-refractivity contribution in [3.63, 3.8) is 0 Å². The second-order valence-electron chi connectivity index (χ2n) is 5.36. The lowest BCUT2D eigenvalue weighted by Gasteiger charge is -2.37. The van der Waals surface area contributed by atoms with E-state index >= 15 is 0 Å². The van der Waals surface area contributed by atoms with E-state index in [1.165, 1.54) is 13.8 Å². The molecule has 0 aromatic rings. The minimum Gasteiger partial charge on any atom is -0.456 e. The molecular weight excluding hydrogens is 312 g/mol. The van der Waals surface area contributed by atoms with Gasteiger partial charge in [0.1, 0.15) is 12.2 Å². The van der Waals surface area contributed by atoms with Crippen molar-refractivity contribution in [1.29, 1.82) is 0 Å². The van der Waals surface area contributed by atoms with E-state index in [1.54, 1.807) is 0 Å². The first kappa shape index (κ1) is 17.2. The van der Waals surface area contributed by atoms with Gasteiger partial charge in [0.05, 0.1) is 0 Å². The Morgan fingerprint density at radius 3 is 1.09 bits per heavy atom. The molecule has 1 saturated heterocycles. The molecule has 6 atom stereocenters. The fourth-order valence-corrected chi connectivity index (χ4v) is 2.72. The summed E-state index contributed by atoms with van der Waals surface area (Å²) in [6.45, 7) is 4.72. The van der Waals surface area contributed by atoms with E-state index in [0.29, 0.717) is 0 Å². The Balaban J connectivity index is 2.31. The van der Waals surface area contributed by atoms with Gasteiger partial charge in [-0.3, -0.25) is 19.2 Å².